The minimum absolute atomic E-state index is 0.0319. The first-order valence-corrected chi connectivity index (χ1v) is 11.1. The number of hydrogen-bond donors (Lipinski definition) is 0. The molecule has 0 atom stereocenters. The Morgan fingerprint density at radius 1 is 1.15 bits per heavy atom. The molecule has 174 valence electrons. The van der Waals surface area contributed by atoms with E-state index in [4.69, 9.17) is 25.8 Å². The molecule has 11 heteroatoms. The molecule has 0 saturated heterocycles. The van der Waals surface area contributed by atoms with E-state index in [0.29, 0.717) is 44.7 Å². The Kier molecular flexibility index (Phi) is 6.53. The number of fused-ring (bicyclic) bond motifs is 1. The van der Waals surface area contributed by atoms with Gasteiger partial charge in [0.25, 0.3) is 5.69 Å². The number of ether oxygens (including phenoxy) is 3. The topological polar surface area (TPSA) is 105 Å². The second-order valence-electron chi connectivity index (χ2n) is 6.94. The second kappa shape index (κ2) is 9.54. The number of nitrogens with zero attached hydrogens (tertiary/aromatic N) is 3. The summed E-state index contributed by atoms with van der Waals surface area (Å²) in [5.74, 6) is 0.792. The van der Waals surface area contributed by atoms with Gasteiger partial charge in [-0.05, 0) is 30.4 Å². The number of allylic oxidation sites excluding steroid dienone is 1. The maximum atomic E-state index is 13.0. The number of hydrogen-bond acceptors (Lipinski definition) is 8. The lowest BCUT2D eigenvalue weighted by atomic mass is 10.1. The van der Waals surface area contributed by atoms with Crippen molar-refractivity contribution in [1.82, 2.24) is 9.38 Å². The van der Waals surface area contributed by atoms with Crippen LogP contribution in [0.3, 0.4) is 0 Å². The fourth-order valence-corrected chi connectivity index (χ4v) is 4.36. The van der Waals surface area contributed by atoms with Gasteiger partial charge in [0.1, 0.15) is 5.02 Å². The third-order valence-corrected chi connectivity index (χ3v) is 6.13. The van der Waals surface area contributed by atoms with Gasteiger partial charge in [-0.25, -0.2) is 4.98 Å². The van der Waals surface area contributed by atoms with E-state index in [9.17, 15) is 14.9 Å². The van der Waals surface area contributed by atoms with Gasteiger partial charge in [-0.15, -0.1) is 11.3 Å². The Labute approximate surface area is 202 Å². The van der Waals surface area contributed by atoms with Crippen molar-refractivity contribution in [2.24, 2.45) is 0 Å². The average molecular weight is 500 g/mol. The molecule has 2 aromatic heterocycles. The first-order valence-electron chi connectivity index (χ1n) is 9.80. The van der Waals surface area contributed by atoms with Gasteiger partial charge in [-0.3, -0.25) is 19.3 Å². The van der Waals surface area contributed by atoms with Gasteiger partial charge in [-0.2, -0.15) is 0 Å². The molecule has 0 fully saturated rings. The van der Waals surface area contributed by atoms with E-state index in [1.54, 1.807) is 28.7 Å². The Morgan fingerprint density at radius 3 is 2.47 bits per heavy atom. The summed E-state index contributed by atoms with van der Waals surface area (Å²) in [6.07, 6.45) is 4.83. The molecule has 4 aromatic rings. The van der Waals surface area contributed by atoms with Gasteiger partial charge in [-0.1, -0.05) is 17.7 Å². The fraction of sp³-hybridized carbons (Fsp3) is 0.130. The molecule has 0 radical (unpaired) electrons. The van der Waals surface area contributed by atoms with Gasteiger partial charge < -0.3 is 14.2 Å². The molecule has 0 spiro atoms. The first-order chi connectivity index (χ1) is 16.4. The van der Waals surface area contributed by atoms with Crippen LogP contribution in [0, 0.1) is 10.1 Å². The van der Waals surface area contributed by atoms with Crippen LogP contribution in [0.25, 0.3) is 22.3 Å². The molecule has 0 aliphatic carbocycles. The van der Waals surface area contributed by atoms with Gasteiger partial charge in [0.15, 0.2) is 22.2 Å². The van der Waals surface area contributed by atoms with Crippen LogP contribution in [0.4, 0.5) is 5.69 Å². The standard InChI is InChI=1S/C23H18ClN3O6S/c1-31-19-11-14(12-20(32-2)22(19)33-3)18(28)7-6-16-21(25-23-26(16)8-9-34-23)13-4-5-15(24)17(10-13)27(29)30/h4-12H,1-3H3/b7-6+. The molecule has 0 saturated carbocycles. The highest BCUT2D eigenvalue weighted by Crippen LogP contribution is 2.38. The van der Waals surface area contributed by atoms with Crippen molar-refractivity contribution < 1.29 is 23.9 Å². The number of methoxy groups -OCH3 is 3. The number of nitro groups is 1. The smallest absolute Gasteiger partial charge is 0.288 e. The number of aromatic nitrogens is 2. The molecule has 2 aromatic carbocycles. The van der Waals surface area contributed by atoms with Gasteiger partial charge in [0, 0.05) is 28.8 Å². The Hall–Kier alpha value is -3.89. The van der Waals surface area contributed by atoms with Crippen LogP contribution in [-0.2, 0) is 0 Å². The van der Waals surface area contributed by atoms with E-state index in [2.05, 4.69) is 4.98 Å². The van der Waals surface area contributed by atoms with E-state index in [0.717, 1.165) is 0 Å². The number of imidazole rings is 1. The number of carbonyl (C=O) groups is 1. The summed E-state index contributed by atoms with van der Waals surface area (Å²) in [4.78, 5) is 29.1. The third-order valence-electron chi connectivity index (χ3n) is 5.06. The largest absolute Gasteiger partial charge is 0.493 e. The van der Waals surface area contributed by atoms with Crippen molar-refractivity contribution in [3.8, 4) is 28.5 Å². The number of thiazole rings is 1. The van der Waals surface area contributed by atoms with E-state index in [1.807, 2.05) is 11.6 Å². The van der Waals surface area contributed by atoms with E-state index < -0.39 is 4.92 Å². The Bertz CT molecular complexity index is 1420. The maximum absolute atomic E-state index is 13.0. The molecule has 0 unspecified atom stereocenters. The zero-order valence-corrected chi connectivity index (χ0v) is 19.8. The normalized spacial score (nSPS) is 11.2. The Morgan fingerprint density at radius 2 is 1.85 bits per heavy atom. The molecule has 0 bridgehead atoms. The number of rotatable bonds is 8. The SMILES string of the molecule is COc1cc(C(=O)/C=C/c2c(-c3ccc(Cl)c([N+](=O)[O-])c3)nc3sccn23)cc(OC)c1OC. The van der Waals surface area contributed by atoms with Crippen molar-refractivity contribution >= 4 is 45.4 Å². The minimum atomic E-state index is -0.548. The monoisotopic (exact) mass is 499 g/mol. The fourth-order valence-electron chi connectivity index (χ4n) is 3.45. The van der Waals surface area contributed by atoms with Crippen molar-refractivity contribution in [1.29, 1.82) is 0 Å². The summed E-state index contributed by atoms with van der Waals surface area (Å²) in [6, 6.07) is 7.60. The molecule has 0 N–H and O–H groups in total. The van der Waals surface area contributed by atoms with Crippen molar-refractivity contribution in [2.45, 2.75) is 0 Å². The zero-order valence-electron chi connectivity index (χ0n) is 18.3. The predicted octanol–water partition coefficient (Wildman–Crippen LogP) is 5.55. The van der Waals surface area contributed by atoms with Gasteiger partial charge in [0.2, 0.25) is 5.75 Å². The maximum Gasteiger partial charge on any atom is 0.288 e. The summed E-state index contributed by atoms with van der Waals surface area (Å²) in [7, 11) is 4.42. The van der Waals surface area contributed by atoms with Crippen LogP contribution < -0.4 is 14.2 Å². The number of ketones is 1. The molecule has 9 nitrogen and oxygen atoms in total. The van der Waals surface area contributed by atoms with E-state index >= 15 is 0 Å². The molecule has 34 heavy (non-hydrogen) atoms. The Balaban J connectivity index is 1.77. The number of benzene rings is 2. The van der Waals surface area contributed by atoms with Crippen molar-refractivity contribution in [3.05, 3.63) is 74.4 Å². The first kappa shape index (κ1) is 23.3. The highest BCUT2D eigenvalue weighted by atomic mass is 35.5. The summed E-state index contributed by atoms with van der Waals surface area (Å²) in [5, 5.41) is 13.2. The molecule has 0 aliphatic heterocycles. The second-order valence-corrected chi connectivity index (χ2v) is 8.22. The lowest BCUT2D eigenvalue weighted by molar-refractivity contribution is -0.384. The quantitative estimate of drug-likeness (QED) is 0.135. The molecule has 0 aliphatic rings. The van der Waals surface area contributed by atoms with Crippen molar-refractivity contribution in [2.75, 3.05) is 21.3 Å². The van der Waals surface area contributed by atoms with Crippen LogP contribution in [0.2, 0.25) is 5.02 Å². The van der Waals surface area contributed by atoms with Crippen molar-refractivity contribution in [3.63, 3.8) is 0 Å². The van der Waals surface area contributed by atoms with Crippen LogP contribution in [0.1, 0.15) is 16.1 Å². The minimum Gasteiger partial charge on any atom is -0.493 e. The molecular formula is C23H18ClN3O6S. The summed E-state index contributed by atoms with van der Waals surface area (Å²) in [6.45, 7) is 0. The summed E-state index contributed by atoms with van der Waals surface area (Å²) in [5.41, 5.74) is 1.69. The highest BCUT2D eigenvalue weighted by molar-refractivity contribution is 7.15. The summed E-state index contributed by atoms with van der Waals surface area (Å²) >= 11 is 7.37. The lowest BCUT2D eigenvalue weighted by Crippen LogP contribution is -2.00. The highest BCUT2D eigenvalue weighted by Gasteiger charge is 2.20. The lowest BCUT2D eigenvalue weighted by Gasteiger charge is -2.13. The average Bonchev–Trinajstić information content (AvgIpc) is 3.43. The third kappa shape index (κ3) is 4.20. The van der Waals surface area contributed by atoms with Crippen LogP contribution >= 0.6 is 22.9 Å². The predicted molar refractivity (Wildman–Crippen MR) is 130 cm³/mol. The molecule has 4 rings (SSSR count). The molecule has 0 amide bonds. The molecular weight excluding hydrogens is 482 g/mol. The molecule has 2 heterocycles. The van der Waals surface area contributed by atoms with Crippen LogP contribution in [0.15, 0.2) is 48.0 Å². The van der Waals surface area contributed by atoms with Crippen LogP contribution in [0.5, 0.6) is 17.2 Å². The number of halogens is 1. The number of carbonyl (C=O) groups excluding carboxylic acids is 1. The van der Waals surface area contributed by atoms with E-state index in [-0.39, 0.29) is 16.5 Å². The van der Waals surface area contributed by atoms with Gasteiger partial charge in [0.05, 0.1) is 37.6 Å². The number of nitro benzene ring substituents is 1. The van der Waals surface area contributed by atoms with E-state index in [1.165, 1.54) is 50.9 Å². The zero-order chi connectivity index (χ0) is 24.4. The van der Waals surface area contributed by atoms with Crippen LogP contribution in [-0.4, -0.2) is 41.4 Å². The summed E-state index contributed by atoms with van der Waals surface area (Å²) < 4.78 is 17.8. The van der Waals surface area contributed by atoms with Gasteiger partial charge >= 0.3 is 0 Å².